The normalized spacial score (nSPS) is 23.9. The molecular formula is C11H14BrNO. The van der Waals surface area contributed by atoms with Crippen LogP contribution in [0.5, 0.6) is 5.75 Å². The van der Waals surface area contributed by atoms with Gasteiger partial charge < -0.3 is 10.5 Å². The van der Waals surface area contributed by atoms with Gasteiger partial charge in [-0.2, -0.15) is 0 Å². The largest absolute Gasteiger partial charge is 0.487 e. The van der Waals surface area contributed by atoms with Gasteiger partial charge in [0.05, 0.1) is 0 Å². The van der Waals surface area contributed by atoms with Gasteiger partial charge in [0.2, 0.25) is 0 Å². The second-order valence-corrected chi connectivity index (χ2v) is 5.27. The minimum atomic E-state index is -0.160. The molecule has 2 nitrogen and oxygen atoms in total. The molecule has 1 aliphatic heterocycles. The van der Waals surface area contributed by atoms with Crippen LogP contribution in [0.15, 0.2) is 22.7 Å². The highest BCUT2D eigenvalue weighted by atomic mass is 79.9. The number of hydrogen-bond donors (Lipinski definition) is 1. The summed E-state index contributed by atoms with van der Waals surface area (Å²) in [5, 5.41) is 0. The minimum Gasteiger partial charge on any atom is -0.487 e. The fraction of sp³-hybridized carbons (Fsp3) is 0.455. The fourth-order valence-corrected chi connectivity index (χ4v) is 2.22. The highest BCUT2D eigenvalue weighted by molar-refractivity contribution is 9.10. The third kappa shape index (κ3) is 1.79. The minimum absolute atomic E-state index is 0.0850. The van der Waals surface area contributed by atoms with Crippen molar-refractivity contribution in [2.24, 2.45) is 5.73 Å². The zero-order valence-corrected chi connectivity index (χ0v) is 9.97. The van der Waals surface area contributed by atoms with Crippen LogP contribution in [0.1, 0.15) is 31.9 Å². The standard InChI is InChI=1S/C11H14BrNO/c1-11(2)6-9(13)8-4-3-7(12)5-10(8)14-11/h3-5,9H,6,13H2,1-2H3/t9-/m0/s1. The molecular weight excluding hydrogens is 242 g/mol. The molecule has 1 atom stereocenters. The maximum Gasteiger partial charge on any atom is 0.126 e. The van der Waals surface area contributed by atoms with Gasteiger partial charge in [0.25, 0.3) is 0 Å². The fourth-order valence-electron chi connectivity index (χ4n) is 1.88. The van der Waals surface area contributed by atoms with E-state index in [2.05, 4.69) is 29.8 Å². The van der Waals surface area contributed by atoms with Crippen LogP contribution in [-0.4, -0.2) is 5.60 Å². The second kappa shape index (κ2) is 3.24. The van der Waals surface area contributed by atoms with Gasteiger partial charge in [0.1, 0.15) is 11.4 Å². The SMILES string of the molecule is CC1(C)C[C@H](N)c2ccc(Br)cc2O1. The molecule has 1 aromatic carbocycles. The van der Waals surface area contributed by atoms with Crippen LogP contribution < -0.4 is 10.5 Å². The lowest BCUT2D eigenvalue weighted by Gasteiger charge is -2.36. The van der Waals surface area contributed by atoms with Crippen LogP contribution in [0.4, 0.5) is 0 Å². The number of nitrogens with two attached hydrogens (primary N) is 1. The number of hydrogen-bond acceptors (Lipinski definition) is 2. The third-order valence-corrected chi connectivity index (χ3v) is 2.97. The molecule has 1 heterocycles. The summed E-state index contributed by atoms with van der Waals surface area (Å²) in [7, 11) is 0. The lowest BCUT2D eigenvalue weighted by molar-refractivity contribution is 0.0728. The van der Waals surface area contributed by atoms with E-state index in [0.717, 1.165) is 22.2 Å². The summed E-state index contributed by atoms with van der Waals surface area (Å²) in [6, 6.07) is 6.09. The molecule has 0 amide bonds. The van der Waals surface area contributed by atoms with Crippen LogP contribution in [0, 0.1) is 0 Å². The van der Waals surface area contributed by atoms with Gasteiger partial charge in [-0.05, 0) is 26.0 Å². The molecule has 0 unspecified atom stereocenters. The van der Waals surface area contributed by atoms with Gasteiger partial charge in [-0.3, -0.25) is 0 Å². The molecule has 0 radical (unpaired) electrons. The predicted molar refractivity (Wildman–Crippen MR) is 60.4 cm³/mol. The van der Waals surface area contributed by atoms with Crippen molar-refractivity contribution < 1.29 is 4.74 Å². The average Bonchev–Trinajstić information content (AvgIpc) is 2.00. The van der Waals surface area contributed by atoms with Crippen LogP contribution in [0.25, 0.3) is 0 Å². The molecule has 0 bridgehead atoms. The van der Waals surface area contributed by atoms with E-state index in [-0.39, 0.29) is 11.6 Å². The Balaban J connectivity index is 2.46. The van der Waals surface area contributed by atoms with E-state index in [1.807, 2.05) is 18.2 Å². The van der Waals surface area contributed by atoms with E-state index < -0.39 is 0 Å². The van der Waals surface area contributed by atoms with Crippen LogP contribution in [-0.2, 0) is 0 Å². The first kappa shape index (κ1) is 9.99. The van der Waals surface area contributed by atoms with Crippen LogP contribution >= 0.6 is 15.9 Å². The van der Waals surface area contributed by atoms with Gasteiger partial charge in [-0.15, -0.1) is 0 Å². The van der Waals surface area contributed by atoms with Gasteiger partial charge in [0, 0.05) is 22.5 Å². The molecule has 2 N–H and O–H groups in total. The van der Waals surface area contributed by atoms with Crippen LogP contribution in [0.2, 0.25) is 0 Å². The Labute approximate surface area is 92.6 Å². The summed E-state index contributed by atoms with van der Waals surface area (Å²) in [6.07, 6.45) is 0.863. The van der Waals surface area contributed by atoms with Crippen molar-refractivity contribution in [3.05, 3.63) is 28.2 Å². The summed E-state index contributed by atoms with van der Waals surface area (Å²) < 4.78 is 6.89. The maximum absolute atomic E-state index is 6.08. The summed E-state index contributed by atoms with van der Waals surface area (Å²) in [5.74, 6) is 0.906. The Morgan fingerprint density at radius 1 is 1.50 bits per heavy atom. The van der Waals surface area contributed by atoms with Gasteiger partial charge in [-0.25, -0.2) is 0 Å². The first-order valence-electron chi connectivity index (χ1n) is 4.72. The molecule has 0 saturated carbocycles. The quantitative estimate of drug-likeness (QED) is 0.774. The first-order chi connectivity index (χ1) is 6.48. The van der Waals surface area contributed by atoms with Crippen molar-refractivity contribution in [3.63, 3.8) is 0 Å². The van der Waals surface area contributed by atoms with Gasteiger partial charge >= 0.3 is 0 Å². The van der Waals surface area contributed by atoms with Crippen molar-refractivity contribution >= 4 is 15.9 Å². The Hall–Kier alpha value is -0.540. The third-order valence-electron chi connectivity index (χ3n) is 2.47. The molecule has 0 fully saturated rings. The molecule has 0 aromatic heterocycles. The Bertz CT molecular complexity index is 362. The van der Waals surface area contributed by atoms with Gasteiger partial charge in [-0.1, -0.05) is 22.0 Å². The van der Waals surface area contributed by atoms with E-state index >= 15 is 0 Å². The molecule has 3 heteroatoms. The van der Waals surface area contributed by atoms with Crippen molar-refractivity contribution in [2.75, 3.05) is 0 Å². The van der Waals surface area contributed by atoms with Gasteiger partial charge in [0.15, 0.2) is 0 Å². The lowest BCUT2D eigenvalue weighted by atomic mass is 9.90. The topological polar surface area (TPSA) is 35.2 Å². The summed E-state index contributed by atoms with van der Waals surface area (Å²) in [4.78, 5) is 0. The van der Waals surface area contributed by atoms with E-state index in [1.54, 1.807) is 0 Å². The van der Waals surface area contributed by atoms with E-state index in [1.165, 1.54) is 0 Å². The Morgan fingerprint density at radius 2 is 2.21 bits per heavy atom. The molecule has 1 aromatic rings. The van der Waals surface area contributed by atoms with Crippen molar-refractivity contribution in [1.29, 1.82) is 0 Å². The highest BCUT2D eigenvalue weighted by Crippen LogP contribution is 2.39. The number of benzene rings is 1. The van der Waals surface area contributed by atoms with E-state index in [4.69, 9.17) is 10.5 Å². The summed E-state index contributed by atoms with van der Waals surface area (Å²) >= 11 is 3.43. The van der Waals surface area contributed by atoms with Crippen molar-refractivity contribution in [2.45, 2.75) is 31.9 Å². The Morgan fingerprint density at radius 3 is 2.93 bits per heavy atom. The molecule has 0 spiro atoms. The van der Waals surface area contributed by atoms with E-state index in [0.29, 0.717) is 0 Å². The smallest absolute Gasteiger partial charge is 0.126 e. The van der Waals surface area contributed by atoms with Crippen molar-refractivity contribution in [3.8, 4) is 5.75 Å². The first-order valence-corrected chi connectivity index (χ1v) is 5.51. The predicted octanol–water partition coefficient (Wildman–Crippen LogP) is 3.01. The molecule has 14 heavy (non-hydrogen) atoms. The summed E-state index contributed by atoms with van der Waals surface area (Å²) in [6.45, 7) is 4.13. The zero-order valence-electron chi connectivity index (χ0n) is 8.38. The number of fused-ring (bicyclic) bond motifs is 1. The van der Waals surface area contributed by atoms with E-state index in [9.17, 15) is 0 Å². The number of rotatable bonds is 0. The lowest BCUT2D eigenvalue weighted by Crippen LogP contribution is -2.37. The number of ether oxygens (including phenoxy) is 1. The molecule has 2 rings (SSSR count). The molecule has 76 valence electrons. The monoisotopic (exact) mass is 255 g/mol. The molecule has 0 aliphatic carbocycles. The van der Waals surface area contributed by atoms with Crippen molar-refractivity contribution in [1.82, 2.24) is 0 Å². The maximum atomic E-state index is 6.08. The second-order valence-electron chi connectivity index (χ2n) is 4.35. The number of halogens is 1. The Kier molecular flexibility index (Phi) is 2.32. The molecule has 0 saturated heterocycles. The molecule has 1 aliphatic rings. The zero-order chi connectivity index (χ0) is 10.3. The van der Waals surface area contributed by atoms with Crippen LogP contribution in [0.3, 0.4) is 0 Å². The average molecular weight is 256 g/mol. The highest BCUT2D eigenvalue weighted by Gasteiger charge is 2.31. The summed E-state index contributed by atoms with van der Waals surface area (Å²) in [5.41, 5.74) is 7.02.